The molecule has 0 spiro atoms. The number of benzene rings is 2. The van der Waals surface area contributed by atoms with Crippen LogP contribution in [0, 0.1) is 17.5 Å². The quantitative estimate of drug-likeness (QED) is 0.160. The first-order valence-electron chi connectivity index (χ1n) is 13.8. The predicted octanol–water partition coefficient (Wildman–Crippen LogP) is 7.25. The van der Waals surface area contributed by atoms with E-state index in [0.29, 0.717) is 41.9 Å². The summed E-state index contributed by atoms with van der Waals surface area (Å²) in [6.45, 7) is -0.585. The number of alkyl halides is 3. The van der Waals surface area contributed by atoms with Crippen LogP contribution in [-0.2, 0) is 23.9 Å². The molecule has 1 atom stereocenters. The Labute approximate surface area is 248 Å². The van der Waals surface area contributed by atoms with Crippen molar-refractivity contribution in [2.24, 2.45) is 0 Å². The summed E-state index contributed by atoms with van der Waals surface area (Å²) in [4.78, 5) is 29.1. The molecule has 6 nitrogen and oxygen atoms in total. The zero-order chi connectivity index (χ0) is 31.4. The molecule has 0 saturated heterocycles. The van der Waals surface area contributed by atoms with Crippen LogP contribution in [0.1, 0.15) is 64.6 Å². The van der Waals surface area contributed by atoms with E-state index in [0.717, 1.165) is 35.7 Å². The van der Waals surface area contributed by atoms with Gasteiger partial charge >= 0.3 is 6.18 Å². The molecule has 0 fully saturated rings. The standard InChI is InChI=1S/C32H26F6N4O2/c33-23-11-19(12-24(34)15-23)13-28(30-25(7-4-10-39-30)21-8-9-27(35)22(14-21)18-43)40-29(44)17-42-16-26(20-5-2-1-3-6-20)31(41-42)32(36,37)38/h4-5,7-12,14-16,18,28H,1-3,6,13,17H2,(H,40,44). The Bertz CT molecular complexity index is 1710. The maximum Gasteiger partial charge on any atom is 0.435 e. The van der Waals surface area contributed by atoms with Crippen molar-refractivity contribution in [3.05, 3.63) is 113 Å². The van der Waals surface area contributed by atoms with E-state index in [1.807, 2.05) is 0 Å². The fourth-order valence-electron chi connectivity index (χ4n) is 5.34. The molecule has 5 rings (SSSR count). The molecular weight excluding hydrogens is 586 g/mol. The monoisotopic (exact) mass is 612 g/mol. The van der Waals surface area contributed by atoms with Gasteiger partial charge in [0.15, 0.2) is 12.0 Å². The number of carbonyl (C=O) groups is 2. The van der Waals surface area contributed by atoms with Gasteiger partial charge in [-0.2, -0.15) is 18.3 Å². The van der Waals surface area contributed by atoms with E-state index in [9.17, 15) is 35.9 Å². The highest BCUT2D eigenvalue weighted by molar-refractivity contribution is 5.81. The summed E-state index contributed by atoms with van der Waals surface area (Å²) in [5.74, 6) is -3.17. The number of allylic oxidation sites excluding steroid dienone is 2. The van der Waals surface area contributed by atoms with Gasteiger partial charge in [-0.25, -0.2) is 13.2 Å². The van der Waals surface area contributed by atoms with Crippen molar-refractivity contribution >= 4 is 17.8 Å². The van der Waals surface area contributed by atoms with Crippen molar-refractivity contribution in [1.82, 2.24) is 20.1 Å². The molecule has 1 aliphatic carbocycles. The van der Waals surface area contributed by atoms with Crippen molar-refractivity contribution in [3.8, 4) is 11.1 Å². The van der Waals surface area contributed by atoms with Crippen molar-refractivity contribution < 1.29 is 35.9 Å². The van der Waals surface area contributed by atoms with Crippen molar-refractivity contribution in [2.45, 2.75) is 50.9 Å². The van der Waals surface area contributed by atoms with Gasteiger partial charge in [0.2, 0.25) is 5.91 Å². The number of aromatic nitrogens is 3. The van der Waals surface area contributed by atoms with Gasteiger partial charge in [-0.3, -0.25) is 19.3 Å². The lowest BCUT2D eigenvalue weighted by atomic mass is 9.94. The number of aldehydes is 1. The number of amides is 1. The normalized spacial score (nSPS) is 14.2. The Morgan fingerprint density at radius 3 is 2.48 bits per heavy atom. The number of rotatable bonds is 9. The SMILES string of the molecule is O=Cc1cc(-c2cccnc2C(Cc2cc(F)cc(F)c2)NC(=O)Cn2cc(C3=CCCCC3)c(C(F)(F)F)n2)ccc1F. The third-order valence-corrected chi connectivity index (χ3v) is 7.27. The lowest BCUT2D eigenvalue weighted by Crippen LogP contribution is -2.34. The number of halogens is 6. The molecule has 0 aliphatic heterocycles. The molecular formula is C32H26F6N4O2. The maximum absolute atomic E-state index is 14.1. The van der Waals surface area contributed by atoms with Gasteiger partial charge in [0, 0.05) is 29.6 Å². The van der Waals surface area contributed by atoms with Crippen LogP contribution in [0.25, 0.3) is 16.7 Å². The summed E-state index contributed by atoms with van der Waals surface area (Å²) in [5, 5.41) is 6.40. The van der Waals surface area contributed by atoms with E-state index in [1.165, 1.54) is 24.5 Å². The fraction of sp³-hybridized carbons (Fsp3) is 0.250. The molecule has 0 bridgehead atoms. The van der Waals surface area contributed by atoms with E-state index in [1.54, 1.807) is 18.2 Å². The summed E-state index contributed by atoms with van der Waals surface area (Å²) >= 11 is 0. The van der Waals surface area contributed by atoms with Crippen molar-refractivity contribution in [2.75, 3.05) is 0 Å². The Hall–Kier alpha value is -4.74. The van der Waals surface area contributed by atoms with Crippen LogP contribution in [0.15, 0.2) is 67.0 Å². The van der Waals surface area contributed by atoms with E-state index >= 15 is 0 Å². The Balaban J connectivity index is 1.49. The van der Waals surface area contributed by atoms with Crippen molar-refractivity contribution in [3.63, 3.8) is 0 Å². The van der Waals surface area contributed by atoms with Crippen LogP contribution >= 0.6 is 0 Å². The molecule has 0 radical (unpaired) electrons. The summed E-state index contributed by atoms with van der Waals surface area (Å²) in [6.07, 6.45) is 2.55. The van der Waals surface area contributed by atoms with Crippen LogP contribution in [0.3, 0.4) is 0 Å². The second-order valence-corrected chi connectivity index (χ2v) is 10.5. The molecule has 228 valence electrons. The van der Waals surface area contributed by atoms with Gasteiger partial charge in [-0.1, -0.05) is 18.2 Å². The van der Waals surface area contributed by atoms with Gasteiger partial charge in [-0.05, 0) is 79.1 Å². The predicted molar refractivity (Wildman–Crippen MR) is 150 cm³/mol. The minimum absolute atomic E-state index is 0.0777. The number of nitrogens with zero attached hydrogens (tertiary/aromatic N) is 3. The van der Waals surface area contributed by atoms with Crippen LogP contribution in [0.4, 0.5) is 26.3 Å². The molecule has 1 unspecified atom stereocenters. The van der Waals surface area contributed by atoms with Crippen LogP contribution < -0.4 is 5.32 Å². The number of carbonyl (C=O) groups excluding carboxylic acids is 2. The summed E-state index contributed by atoms with van der Waals surface area (Å²) in [7, 11) is 0. The second kappa shape index (κ2) is 12.9. The first-order chi connectivity index (χ1) is 21.0. The van der Waals surface area contributed by atoms with E-state index < -0.39 is 47.8 Å². The van der Waals surface area contributed by atoms with Gasteiger partial charge in [0.1, 0.15) is 24.0 Å². The molecule has 12 heteroatoms. The van der Waals surface area contributed by atoms with Gasteiger partial charge in [0.25, 0.3) is 0 Å². The van der Waals surface area contributed by atoms with E-state index in [-0.39, 0.29) is 28.8 Å². The lowest BCUT2D eigenvalue weighted by Gasteiger charge is -2.22. The highest BCUT2D eigenvalue weighted by Crippen LogP contribution is 2.37. The first-order valence-corrected chi connectivity index (χ1v) is 13.8. The summed E-state index contributed by atoms with van der Waals surface area (Å²) < 4.78 is 84.7. The number of hydrogen-bond acceptors (Lipinski definition) is 4. The molecule has 1 aliphatic rings. The van der Waals surface area contributed by atoms with Crippen LogP contribution in [0.2, 0.25) is 0 Å². The van der Waals surface area contributed by atoms with Crippen LogP contribution in [-0.4, -0.2) is 27.0 Å². The van der Waals surface area contributed by atoms with Gasteiger partial charge < -0.3 is 5.32 Å². The average Bonchev–Trinajstić information content (AvgIpc) is 3.41. The van der Waals surface area contributed by atoms with E-state index in [4.69, 9.17) is 0 Å². The zero-order valence-corrected chi connectivity index (χ0v) is 23.2. The topological polar surface area (TPSA) is 76.9 Å². The Morgan fingerprint density at radius 1 is 1.02 bits per heavy atom. The molecule has 4 aromatic rings. The summed E-state index contributed by atoms with van der Waals surface area (Å²) in [6, 6.07) is 8.82. The zero-order valence-electron chi connectivity index (χ0n) is 23.2. The number of hydrogen-bond donors (Lipinski definition) is 1. The molecule has 44 heavy (non-hydrogen) atoms. The summed E-state index contributed by atoms with van der Waals surface area (Å²) in [5.41, 5.74) is 0.309. The van der Waals surface area contributed by atoms with Gasteiger partial charge in [-0.15, -0.1) is 0 Å². The minimum atomic E-state index is -4.74. The van der Waals surface area contributed by atoms with Crippen LogP contribution in [0.5, 0.6) is 0 Å². The number of nitrogens with one attached hydrogen (secondary N) is 1. The van der Waals surface area contributed by atoms with E-state index in [2.05, 4.69) is 15.4 Å². The highest BCUT2D eigenvalue weighted by Gasteiger charge is 2.38. The Morgan fingerprint density at radius 2 is 1.80 bits per heavy atom. The largest absolute Gasteiger partial charge is 0.435 e. The minimum Gasteiger partial charge on any atom is -0.346 e. The molecule has 2 heterocycles. The second-order valence-electron chi connectivity index (χ2n) is 10.5. The molecule has 2 aromatic heterocycles. The molecule has 1 N–H and O–H groups in total. The average molecular weight is 613 g/mol. The van der Waals surface area contributed by atoms with Gasteiger partial charge in [0.05, 0.1) is 17.3 Å². The fourth-order valence-corrected chi connectivity index (χ4v) is 5.34. The molecule has 1 amide bonds. The number of pyridine rings is 1. The molecule has 2 aromatic carbocycles. The first kappa shape index (κ1) is 30.7. The maximum atomic E-state index is 14.1. The smallest absolute Gasteiger partial charge is 0.346 e. The third kappa shape index (κ3) is 7.07. The Kier molecular flexibility index (Phi) is 8.98. The molecule has 0 saturated carbocycles. The van der Waals surface area contributed by atoms with Crippen molar-refractivity contribution in [1.29, 1.82) is 0 Å². The lowest BCUT2D eigenvalue weighted by molar-refractivity contribution is -0.142. The highest BCUT2D eigenvalue weighted by atomic mass is 19.4. The third-order valence-electron chi connectivity index (χ3n) is 7.27.